The zero-order chi connectivity index (χ0) is 14.3. The van der Waals surface area contributed by atoms with E-state index in [4.69, 9.17) is 15.7 Å². The second kappa shape index (κ2) is 7.70. The highest BCUT2D eigenvalue weighted by Crippen LogP contribution is 2.23. The van der Waals surface area contributed by atoms with Crippen molar-refractivity contribution in [1.82, 2.24) is 4.90 Å². The lowest BCUT2D eigenvalue weighted by molar-refractivity contribution is 0.0737. The van der Waals surface area contributed by atoms with Gasteiger partial charge in [0, 0.05) is 18.6 Å². The van der Waals surface area contributed by atoms with Crippen LogP contribution in [0.2, 0.25) is 0 Å². The van der Waals surface area contributed by atoms with E-state index in [-0.39, 0.29) is 5.41 Å². The number of oxime groups is 1. The number of rotatable bonds is 8. The third-order valence-electron chi connectivity index (χ3n) is 4.01. The second-order valence-corrected chi connectivity index (χ2v) is 6.00. The molecule has 1 heterocycles. The summed E-state index contributed by atoms with van der Waals surface area (Å²) in [7, 11) is 0. The van der Waals surface area contributed by atoms with Gasteiger partial charge in [-0.05, 0) is 38.8 Å². The molecular formula is C14H29N3O2. The van der Waals surface area contributed by atoms with Crippen LogP contribution in [0.5, 0.6) is 0 Å². The summed E-state index contributed by atoms with van der Waals surface area (Å²) in [5.74, 6) is 0.315. The van der Waals surface area contributed by atoms with Crippen LogP contribution in [0.3, 0.4) is 0 Å². The molecule has 112 valence electrons. The van der Waals surface area contributed by atoms with Gasteiger partial charge in [0.25, 0.3) is 0 Å². The summed E-state index contributed by atoms with van der Waals surface area (Å²) in [6.07, 6.45) is 4.76. The maximum atomic E-state index is 8.75. The van der Waals surface area contributed by atoms with E-state index in [1.54, 1.807) is 0 Å². The third kappa shape index (κ3) is 5.37. The van der Waals surface area contributed by atoms with Crippen LogP contribution in [0.25, 0.3) is 0 Å². The van der Waals surface area contributed by atoms with Crippen LogP contribution < -0.4 is 5.73 Å². The molecule has 0 aliphatic carbocycles. The highest BCUT2D eigenvalue weighted by atomic mass is 16.5. The summed E-state index contributed by atoms with van der Waals surface area (Å²) >= 11 is 0. The van der Waals surface area contributed by atoms with Crippen LogP contribution in [-0.2, 0) is 4.74 Å². The molecule has 3 N–H and O–H groups in total. The Morgan fingerprint density at radius 3 is 2.79 bits per heavy atom. The molecule has 1 aliphatic rings. The van der Waals surface area contributed by atoms with Gasteiger partial charge in [-0.15, -0.1) is 0 Å². The molecular weight excluding hydrogens is 242 g/mol. The average molecular weight is 271 g/mol. The standard InChI is InChI=1S/C14H29N3O2/c1-4-17(11-12-7-5-10-19-12)9-6-8-14(2,3)13(15)16-18/h12,18H,4-11H2,1-3H3,(H2,15,16). The maximum Gasteiger partial charge on any atom is 0.144 e. The molecule has 5 nitrogen and oxygen atoms in total. The van der Waals surface area contributed by atoms with Gasteiger partial charge >= 0.3 is 0 Å². The van der Waals surface area contributed by atoms with E-state index in [1.165, 1.54) is 12.8 Å². The van der Waals surface area contributed by atoms with E-state index in [1.807, 2.05) is 13.8 Å². The molecule has 1 aliphatic heterocycles. The Balaban J connectivity index is 2.29. The van der Waals surface area contributed by atoms with E-state index in [2.05, 4.69) is 17.0 Å². The monoisotopic (exact) mass is 271 g/mol. The number of hydrogen-bond acceptors (Lipinski definition) is 4. The summed E-state index contributed by atoms with van der Waals surface area (Å²) in [5, 5.41) is 11.9. The zero-order valence-corrected chi connectivity index (χ0v) is 12.6. The minimum atomic E-state index is -0.238. The molecule has 5 heteroatoms. The molecule has 0 aromatic carbocycles. The molecule has 0 amide bonds. The minimum absolute atomic E-state index is 0.238. The predicted octanol–water partition coefficient (Wildman–Crippen LogP) is 2.04. The summed E-state index contributed by atoms with van der Waals surface area (Å²) in [5.41, 5.74) is 5.46. The van der Waals surface area contributed by atoms with Crippen molar-refractivity contribution in [2.45, 2.75) is 52.6 Å². The number of nitrogens with zero attached hydrogens (tertiary/aromatic N) is 2. The molecule has 19 heavy (non-hydrogen) atoms. The van der Waals surface area contributed by atoms with Gasteiger partial charge in [0.05, 0.1) is 6.10 Å². The van der Waals surface area contributed by atoms with Gasteiger partial charge < -0.3 is 20.6 Å². The fourth-order valence-corrected chi connectivity index (χ4v) is 2.46. The van der Waals surface area contributed by atoms with Gasteiger partial charge in [0.2, 0.25) is 0 Å². The third-order valence-corrected chi connectivity index (χ3v) is 4.01. The Kier molecular flexibility index (Phi) is 6.58. The highest BCUT2D eigenvalue weighted by molar-refractivity contribution is 5.85. The lowest BCUT2D eigenvalue weighted by Gasteiger charge is -2.27. The Morgan fingerprint density at radius 2 is 2.26 bits per heavy atom. The first-order valence-electron chi connectivity index (χ1n) is 7.31. The summed E-state index contributed by atoms with van der Waals surface area (Å²) in [4.78, 5) is 2.43. The summed E-state index contributed by atoms with van der Waals surface area (Å²) < 4.78 is 5.67. The molecule has 0 radical (unpaired) electrons. The van der Waals surface area contributed by atoms with Crippen molar-refractivity contribution < 1.29 is 9.94 Å². The van der Waals surface area contributed by atoms with E-state index in [0.717, 1.165) is 39.1 Å². The second-order valence-electron chi connectivity index (χ2n) is 6.00. The smallest absolute Gasteiger partial charge is 0.144 e. The molecule has 1 saturated heterocycles. The van der Waals surface area contributed by atoms with Crippen LogP contribution in [0, 0.1) is 5.41 Å². The zero-order valence-electron chi connectivity index (χ0n) is 12.6. The summed E-state index contributed by atoms with van der Waals surface area (Å²) in [6, 6.07) is 0. The van der Waals surface area contributed by atoms with Gasteiger partial charge in [-0.3, -0.25) is 0 Å². The van der Waals surface area contributed by atoms with Crippen LogP contribution in [0.4, 0.5) is 0 Å². The van der Waals surface area contributed by atoms with Gasteiger partial charge in [0.1, 0.15) is 5.84 Å². The van der Waals surface area contributed by atoms with Crippen molar-refractivity contribution in [2.24, 2.45) is 16.3 Å². The average Bonchev–Trinajstić information content (AvgIpc) is 2.89. The Labute approximate surface area is 116 Å². The highest BCUT2D eigenvalue weighted by Gasteiger charge is 2.24. The quantitative estimate of drug-likeness (QED) is 0.307. The van der Waals surface area contributed by atoms with Crippen molar-refractivity contribution in [2.75, 3.05) is 26.2 Å². The fourth-order valence-electron chi connectivity index (χ4n) is 2.46. The van der Waals surface area contributed by atoms with E-state index in [9.17, 15) is 0 Å². The molecule has 0 aromatic rings. The number of amidine groups is 1. The number of ether oxygens (including phenoxy) is 1. The van der Waals surface area contributed by atoms with E-state index >= 15 is 0 Å². The molecule has 0 saturated carbocycles. The molecule has 0 spiro atoms. The van der Waals surface area contributed by atoms with Gasteiger partial charge in [-0.25, -0.2) is 0 Å². The van der Waals surface area contributed by atoms with Crippen molar-refractivity contribution in [3.63, 3.8) is 0 Å². The lowest BCUT2D eigenvalue weighted by atomic mass is 9.86. The van der Waals surface area contributed by atoms with Crippen molar-refractivity contribution in [3.05, 3.63) is 0 Å². The minimum Gasteiger partial charge on any atom is -0.409 e. The van der Waals surface area contributed by atoms with Crippen molar-refractivity contribution in [1.29, 1.82) is 0 Å². The van der Waals surface area contributed by atoms with E-state index in [0.29, 0.717) is 11.9 Å². The van der Waals surface area contributed by atoms with Crippen LogP contribution in [0.1, 0.15) is 46.5 Å². The maximum absolute atomic E-state index is 8.75. The first-order chi connectivity index (χ1) is 8.99. The first kappa shape index (κ1) is 16.2. The number of nitrogens with two attached hydrogens (primary N) is 1. The van der Waals surface area contributed by atoms with Crippen LogP contribution >= 0.6 is 0 Å². The Bertz CT molecular complexity index is 286. The lowest BCUT2D eigenvalue weighted by Crippen LogP contribution is -2.35. The Hall–Kier alpha value is -0.810. The molecule has 0 bridgehead atoms. The first-order valence-corrected chi connectivity index (χ1v) is 7.31. The predicted molar refractivity (Wildman–Crippen MR) is 77.5 cm³/mol. The normalized spacial score (nSPS) is 21.3. The van der Waals surface area contributed by atoms with E-state index < -0.39 is 0 Å². The molecule has 1 atom stereocenters. The molecule has 1 unspecified atom stereocenters. The van der Waals surface area contributed by atoms with Crippen LogP contribution in [-0.4, -0.2) is 48.3 Å². The fraction of sp³-hybridized carbons (Fsp3) is 0.929. The van der Waals surface area contributed by atoms with Crippen LogP contribution in [0.15, 0.2) is 5.16 Å². The number of likely N-dealkylation sites (N-methyl/N-ethyl adjacent to an activating group) is 1. The van der Waals surface area contributed by atoms with Crippen molar-refractivity contribution in [3.8, 4) is 0 Å². The summed E-state index contributed by atoms with van der Waals surface area (Å²) in [6.45, 7) is 10.2. The molecule has 0 aromatic heterocycles. The number of hydrogen-bond donors (Lipinski definition) is 2. The largest absolute Gasteiger partial charge is 0.409 e. The van der Waals surface area contributed by atoms with Gasteiger partial charge in [-0.1, -0.05) is 25.9 Å². The SMILES string of the molecule is CCN(CCCC(C)(C)C(N)=NO)CC1CCCO1. The Morgan fingerprint density at radius 1 is 1.53 bits per heavy atom. The topological polar surface area (TPSA) is 71.1 Å². The van der Waals surface area contributed by atoms with Crippen molar-refractivity contribution >= 4 is 5.84 Å². The van der Waals surface area contributed by atoms with Gasteiger partial charge in [0.15, 0.2) is 0 Å². The van der Waals surface area contributed by atoms with Gasteiger partial charge in [-0.2, -0.15) is 0 Å². The molecule has 1 fully saturated rings. The molecule has 1 rings (SSSR count).